The Labute approximate surface area is 751 Å². The highest BCUT2D eigenvalue weighted by molar-refractivity contribution is 9.10. The molecule has 3 N–H and O–H groups in total. The summed E-state index contributed by atoms with van der Waals surface area (Å²) in [7, 11) is 15.2. The number of amides is 1. The number of aryl methyl sites for hydroxylation is 3. The van der Waals surface area contributed by atoms with Crippen LogP contribution in [-0.4, -0.2) is 128 Å². The molecule has 650 valence electrons. The van der Waals surface area contributed by atoms with Crippen LogP contribution in [0.15, 0.2) is 243 Å². The van der Waals surface area contributed by atoms with Crippen LogP contribution >= 0.6 is 169 Å². The van der Waals surface area contributed by atoms with Gasteiger partial charge in [-0.05, 0) is 157 Å². The quantitative estimate of drug-likeness (QED) is 0.0214. The zero-order chi connectivity index (χ0) is 91.8. The molecule has 10 aromatic rings. The van der Waals surface area contributed by atoms with Gasteiger partial charge in [-0.1, -0.05) is 88.6 Å². The number of nitro benzene ring substituents is 1. The number of H-pyrrole nitrogens is 2. The van der Waals surface area contributed by atoms with Gasteiger partial charge in [-0.15, -0.1) is 11.3 Å². The summed E-state index contributed by atoms with van der Waals surface area (Å²) in [6.45, 7) is 5.97. The summed E-state index contributed by atoms with van der Waals surface area (Å²) in [4.78, 5) is 65.6. The van der Waals surface area contributed by atoms with Crippen LogP contribution < -0.4 is 21.3 Å². The van der Waals surface area contributed by atoms with Crippen molar-refractivity contribution in [1.82, 2.24) is 19.9 Å². The van der Waals surface area contributed by atoms with Gasteiger partial charge in [0.25, 0.3) is 92.7 Å². The van der Waals surface area contributed by atoms with Gasteiger partial charge in [0, 0.05) is 143 Å². The minimum Gasteiger partial charge on any atom is -0.497 e. The number of aliphatic imine (C=N–C) groups is 1. The van der Waals surface area contributed by atoms with E-state index >= 15 is 0 Å². The molecule has 6 aromatic carbocycles. The van der Waals surface area contributed by atoms with Gasteiger partial charge in [0.05, 0.1) is 58.1 Å². The molecule has 59 heteroatoms. The molecule has 0 aliphatic rings. The van der Waals surface area contributed by atoms with Crippen molar-refractivity contribution >= 4 is 288 Å². The van der Waals surface area contributed by atoms with E-state index in [9.17, 15) is 113 Å². The number of rotatable bonds is 15. The Morgan fingerprint density at radius 1 is 0.555 bits per heavy atom. The lowest BCUT2D eigenvalue weighted by Crippen LogP contribution is -2.27. The van der Waals surface area contributed by atoms with Crippen LogP contribution in [0.4, 0.5) is 16.5 Å². The van der Waals surface area contributed by atoms with E-state index in [1.807, 2.05) is 13.0 Å². The minimum absolute atomic E-state index is 0.0287. The third kappa shape index (κ3) is 45.8. The number of anilines is 1. The highest BCUT2D eigenvalue weighted by Crippen LogP contribution is 2.31. The molecule has 4 aromatic heterocycles. The van der Waals surface area contributed by atoms with E-state index in [0.29, 0.717) is 26.5 Å². The molecular formula is C60H50BrCl12N7O27S12. The molecule has 0 radical (unpaired) electrons. The molecule has 0 saturated carbocycles. The van der Waals surface area contributed by atoms with Gasteiger partial charge in [-0.3, -0.25) is 24.7 Å². The number of thiazole rings is 1. The molecule has 10 rings (SSSR count). The second-order valence-electron chi connectivity index (χ2n) is 20.8. The minimum atomic E-state index is -4.12. The molecule has 1 amide bonds. The van der Waals surface area contributed by atoms with Gasteiger partial charge in [0.15, 0.2) is 14.2 Å². The smallest absolute Gasteiger partial charge is 0.325 e. The number of nitrogens with one attached hydrogen (secondary N) is 3. The number of hydrogen-bond donors (Lipinski definition) is 3. The maximum Gasteiger partial charge on any atom is 0.325 e. The van der Waals surface area contributed by atoms with Crippen LogP contribution in [0.5, 0.6) is 5.75 Å². The van der Waals surface area contributed by atoms with Crippen LogP contribution in [0.3, 0.4) is 0 Å². The van der Waals surface area contributed by atoms with Gasteiger partial charge in [0.2, 0.25) is 21.0 Å². The highest BCUT2D eigenvalue weighted by atomic mass is 79.9. The Hall–Kier alpha value is -6.01. The zero-order valence-electron chi connectivity index (χ0n) is 59.2. The lowest BCUT2D eigenvalue weighted by atomic mass is 10.2. The zero-order valence-corrected chi connectivity index (χ0v) is 79.6. The second-order valence-corrected chi connectivity index (χ2v) is 50.6. The number of nitro groups is 1. The molecule has 0 bridgehead atoms. The monoisotopic (exact) mass is 2180 g/mol. The first kappa shape index (κ1) is 111. The van der Waals surface area contributed by atoms with Gasteiger partial charge >= 0.3 is 5.69 Å². The van der Waals surface area contributed by atoms with Gasteiger partial charge < -0.3 is 15.0 Å². The molecule has 0 unspecified atom stereocenters. The first-order valence-corrected chi connectivity index (χ1v) is 56.0. The van der Waals surface area contributed by atoms with Crippen molar-refractivity contribution < 1.29 is 103 Å². The Kier molecular flexibility index (Phi) is 46.1. The lowest BCUT2D eigenvalue weighted by Gasteiger charge is -1.99. The van der Waals surface area contributed by atoms with Gasteiger partial charge in [0.1, 0.15) is 20.0 Å². The number of carbonyl (C=O) groups excluding carboxylic acids is 2. The predicted molar refractivity (Wildman–Crippen MR) is 460 cm³/mol. The SMILES string of the molecule is CC(=O)Nc1nc(C)c(S(=O)(=O)Cl)s1.COc1ccc(S(=O)(=O)Cl)cc1.Cc1[nH]c(=O)[nH]c(=O)c1S(=O)(=O)Cl.Cc1ccc(S(=O)(=O)Cl)cc1.O=C=Nc1ccc(S(=O)(=O)Cl)cc1.O=S(=O)(Cl)Cc1ccccc1.O=S(=O)(Cl)c1ccc(Cl)cc1.O=S(=O)(Cl)c1cccs1.O=S(=O)(Cl)c1cnc(Cl)c(Br)c1.O=[N+]([O-])c1ccc(S(=O)(=O)Cl)cc1. The van der Waals surface area contributed by atoms with Crippen molar-refractivity contribution in [2.45, 2.75) is 76.1 Å². The number of aromatic nitrogens is 4. The van der Waals surface area contributed by atoms with E-state index in [1.54, 1.807) is 52.8 Å². The topological polar surface area (TPSA) is 544 Å². The standard InChI is InChI=1S/C7H4ClNO3S.C7H7ClO3S.2C7H7ClO2S.C6H4Cl2O2S.C6H7ClN2O3S2.C6H4ClNO4S.C5H2BrCl2NO2S.C5H5ClN2O4S.C4H3ClO2S2/c8-13(11,12)7-3-1-6(2-4-7)9-5-10;1-11-6-2-4-7(5-3-6)12(8,9)10;1-6-2-4-7(5-3-6)11(8,9)10;8-11(9,10)6-7-4-2-1-3-5-7;7-5-1-3-6(4-2-5)11(8,9)10;1-3-5(14(7,11)12)13-6(8-3)9-4(2)10;7-13(11,12)6-3-1-5(2-4-6)8(9)10;6-4-1-3(12(8,10)11)2-9-5(4)7;1-2-3(13(6,11)12)4(9)8-5(10)7-2;5-9(6,7)4-2-1-3-8-4/h1-4H;2-5H,1H3;2-5H,1H3;1-5H,6H2;1-4H;1-2H3,(H,8,9,10);1-4H;1-2H;1H3,(H2,7,8,9,10);1-3H. The first-order valence-electron chi connectivity index (χ1n) is 29.5. The van der Waals surface area contributed by atoms with Crippen LogP contribution in [-0.2, 0) is 106 Å². The Morgan fingerprint density at radius 2 is 0.975 bits per heavy atom. The van der Waals surface area contributed by atoms with E-state index in [4.69, 9.17) is 135 Å². The molecular weight excluding hydrogens is 2140 g/mol. The fourth-order valence-corrected chi connectivity index (χ4v) is 18.6. The van der Waals surface area contributed by atoms with Crippen LogP contribution in [0.2, 0.25) is 10.2 Å². The largest absolute Gasteiger partial charge is 0.497 e. The van der Waals surface area contributed by atoms with Crippen molar-refractivity contribution in [3.8, 4) is 5.75 Å². The Balaban J connectivity index is 0.000000662. The van der Waals surface area contributed by atoms with E-state index in [1.165, 1.54) is 131 Å². The van der Waals surface area contributed by atoms with E-state index in [2.05, 4.69) is 41.2 Å². The molecule has 0 aliphatic heterocycles. The second kappa shape index (κ2) is 49.5. The maximum absolute atomic E-state index is 11.0. The van der Waals surface area contributed by atoms with E-state index in [-0.39, 0.29) is 76.8 Å². The summed E-state index contributed by atoms with van der Waals surface area (Å²) in [6, 6.07) is 40.7. The average Bonchev–Trinajstić information content (AvgIpc) is 0.854. The number of thiophene rings is 1. The molecule has 0 spiro atoms. The molecule has 0 saturated heterocycles. The third-order valence-corrected chi connectivity index (χ3v) is 30.2. The van der Waals surface area contributed by atoms with Crippen molar-refractivity contribution in [2.75, 3.05) is 12.4 Å². The molecule has 0 aliphatic carbocycles. The fourth-order valence-electron chi connectivity index (χ4n) is 6.91. The molecule has 0 atom stereocenters. The van der Waals surface area contributed by atoms with Gasteiger partial charge in [-0.25, -0.2) is 104 Å². The fraction of sp³-hybridized carbons (Fsp3) is 0.100. The van der Waals surface area contributed by atoms with Crippen molar-refractivity contribution in [3.63, 3.8) is 0 Å². The number of aromatic amines is 2. The number of isocyanates is 1. The van der Waals surface area contributed by atoms with Crippen LogP contribution in [0.1, 0.15) is 29.4 Å². The van der Waals surface area contributed by atoms with Crippen LogP contribution in [0, 0.1) is 30.9 Å². The van der Waals surface area contributed by atoms with E-state index < -0.39 is 112 Å². The number of pyridine rings is 1. The van der Waals surface area contributed by atoms with Crippen molar-refractivity contribution in [3.05, 3.63) is 250 Å². The maximum atomic E-state index is 11.0. The first-order chi connectivity index (χ1) is 54.2. The summed E-state index contributed by atoms with van der Waals surface area (Å²) in [6.07, 6.45) is 2.43. The van der Waals surface area contributed by atoms with Crippen molar-refractivity contribution in [1.29, 1.82) is 0 Å². The molecule has 119 heavy (non-hydrogen) atoms. The number of halogens is 13. The summed E-state index contributed by atoms with van der Waals surface area (Å²) in [5.74, 6) is 0.186. The van der Waals surface area contributed by atoms with Crippen molar-refractivity contribution in [2.24, 2.45) is 4.99 Å². The number of benzene rings is 6. The Morgan fingerprint density at radius 3 is 1.30 bits per heavy atom. The summed E-state index contributed by atoms with van der Waals surface area (Å²) in [5.41, 5.74) is 0.292. The summed E-state index contributed by atoms with van der Waals surface area (Å²) >= 11 is 16.0. The third-order valence-electron chi connectivity index (χ3n) is 11.9. The summed E-state index contributed by atoms with van der Waals surface area (Å²) < 4.78 is 220. The van der Waals surface area contributed by atoms with Crippen LogP contribution in [0.25, 0.3) is 0 Å². The molecule has 34 nitrogen and oxygen atoms in total. The molecule has 0 fully saturated rings. The highest BCUT2D eigenvalue weighted by Gasteiger charge is 2.22. The predicted octanol–water partition coefficient (Wildman–Crippen LogP) is 15.4. The average molecular weight is 2190 g/mol. The number of non-ortho nitro benzene ring substituents is 1. The number of ether oxygens (including phenoxy) is 1. The Bertz CT molecular complexity index is 6420. The van der Waals surface area contributed by atoms with Gasteiger partial charge in [-0.2, -0.15) is 4.99 Å². The summed E-state index contributed by atoms with van der Waals surface area (Å²) in [5, 5.41) is 15.1. The van der Waals surface area contributed by atoms with E-state index in [0.717, 1.165) is 58.7 Å². The molecule has 4 heterocycles. The number of nitrogens with zero attached hydrogens (tertiary/aromatic N) is 4. The number of hydrogen-bond acceptors (Lipinski definition) is 32. The number of methoxy groups -OCH3 is 1. The normalized spacial score (nSPS) is 11.3. The lowest BCUT2D eigenvalue weighted by molar-refractivity contribution is -0.384. The number of carbonyl (C=O) groups is 1.